The van der Waals surface area contributed by atoms with Gasteiger partial charge in [0, 0.05) is 24.0 Å². The van der Waals surface area contributed by atoms with Crippen LogP contribution in [0.4, 0.5) is 5.00 Å². The molecule has 0 atom stereocenters. The van der Waals surface area contributed by atoms with E-state index >= 15 is 0 Å². The first-order chi connectivity index (χ1) is 12.6. The van der Waals surface area contributed by atoms with Crippen LogP contribution in [0.25, 0.3) is 6.08 Å². The quantitative estimate of drug-likeness (QED) is 0.646. The van der Waals surface area contributed by atoms with Crippen LogP contribution in [0.2, 0.25) is 0 Å². The van der Waals surface area contributed by atoms with E-state index in [0.29, 0.717) is 10.6 Å². The van der Waals surface area contributed by atoms with E-state index < -0.39 is 5.97 Å². The van der Waals surface area contributed by atoms with Crippen molar-refractivity contribution in [2.75, 3.05) is 25.5 Å². The fraction of sp³-hybridized carbons (Fsp3) is 0.300. The molecule has 1 aliphatic rings. The highest BCUT2D eigenvalue weighted by atomic mass is 32.1. The van der Waals surface area contributed by atoms with Gasteiger partial charge in [0.15, 0.2) is 0 Å². The molecule has 0 saturated carbocycles. The van der Waals surface area contributed by atoms with Crippen molar-refractivity contribution in [2.45, 2.75) is 19.9 Å². The van der Waals surface area contributed by atoms with Gasteiger partial charge in [0.1, 0.15) is 5.00 Å². The summed E-state index contributed by atoms with van der Waals surface area (Å²) in [5, 5.41) is 3.43. The lowest BCUT2D eigenvalue weighted by Crippen LogP contribution is -2.29. The highest BCUT2D eigenvalue weighted by Crippen LogP contribution is 2.37. The van der Waals surface area contributed by atoms with Gasteiger partial charge in [0.25, 0.3) is 0 Å². The Bertz CT molecular complexity index is 827. The summed E-state index contributed by atoms with van der Waals surface area (Å²) in [7, 11) is 1.37. The van der Waals surface area contributed by atoms with Crippen molar-refractivity contribution < 1.29 is 14.3 Å². The van der Waals surface area contributed by atoms with Crippen LogP contribution in [0.15, 0.2) is 36.4 Å². The number of esters is 1. The molecule has 1 amide bonds. The van der Waals surface area contributed by atoms with Crippen molar-refractivity contribution in [2.24, 2.45) is 0 Å². The second-order valence-electron chi connectivity index (χ2n) is 6.05. The number of rotatable bonds is 5. The van der Waals surface area contributed by atoms with E-state index in [4.69, 9.17) is 4.74 Å². The summed E-state index contributed by atoms with van der Waals surface area (Å²) in [6, 6.07) is 9.61. The smallest absolute Gasteiger partial charge is 0.341 e. The Morgan fingerprint density at radius 3 is 2.77 bits per heavy atom. The fourth-order valence-corrected chi connectivity index (χ4v) is 4.30. The Hall–Kier alpha value is -2.44. The summed E-state index contributed by atoms with van der Waals surface area (Å²) in [5.41, 5.74) is 2.46. The van der Waals surface area contributed by atoms with Gasteiger partial charge in [-0.25, -0.2) is 4.79 Å². The standard InChI is InChI=1S/C20H22N2O3S/c1-3-22-12-11-15-16(13-22)26-19(18(15)20(24)25-2)21-17(23)10-9-14-7-5-4-6-8-14/h4-10H,3,11-13H2,1-2H3,(H,21,23)/b10-9-. The Balaban J connectivity index is 1.82. The van der Waals surface area contributed by atoms with E-state index in [2.05, 4.69) is 17.1 Å². The third-order valence-corrected chi connectivity index (χ3v) is 5.57. The lowest BCUT2D eigenvalue weighted by atomic mass is 10.0. The van der Waals surface area contributed by atoms with Gasteiger partial charge in [-0.05, 0) is 30.2 Å². The number of methoxy groups -OCH3 is 1. The molecule has 1 N–H and O–H groups in total. The van der Waals surface area contributed by atoms with Crippen LogP contribution < -0.4 is 5.32 Å². The molecule has 1 aromatic carbocycles. The Kier molecular flexibility index (Phi) is 5.85. The number of carbonyl (C=O) groups is 2. The minimum Gasteiger partial charge on any atom is -0.465 e. The van der Waals surface area contributed by atoms with Crippen LogP contribution in [0.1, 0.15) is 33.3 Å². The lowest BCUT2D eigenvalue weighted by Gasteiger charge is -2.25. The van der Waals surface area contributed by atoms with E-state index in [1.165, 1.54) is 24.5 Å². The molecule has 2 aromatic rings. The van der Waals surface area contributed by atoms with Crippen LogP contribution in [0.5, 0.6) is 0 Å². The molecule has 0 radical (unpaired) electrons. The summed E-state index contributed by atoms with van der Waals surface area (Å²) >= 11 is 1.47. The molecule has 0 fully saturated rings. The van der Waals surface area contributed by atoms with E-state index in [0.717, 1.165) is 42.1 Å². The van der Waals surface area contributed by atoms with Gasteiger partial charge < -0.3 is 10.1 Å². The number of carbonyl (C=O) groups excluding carboxylic acids is 2. The Labute approximate surface area is 157 Å². The number of likely N-dealkylation sites (N-methyl/N-ethyl adjacent to an activating group) is 1. The molecule has 0 bridgehead atoms. The van der Waals surface area contributed by atoms with Crippen LogP contribution in [0.3, 0.4) is 0 Å². The van der Waals surface area contributed by atoms with Crippen molar-refractivity contribution in [3.63, 3.8) is 0 Å². The number of ether oxygens (including phenoxy) is 1. The maximum absolute atomic E-state index is 12.3. The molecule has 0 spiro atoms. The van der Waals surface area contributed by atoms with Gasteiger partial charge in [-0.15, -0.1) is 11.3 Å². The highest BCUT2D eigenvalue weighted by Gasteiger charge is 2.28. The van der Waals surface area contributed by atoms with Gasteiger partial charge in [0.2, 0.25) is 5.91 Å². The molecule has 6 heteroatoms. The second-order valence-corrected chi connectivity index (χ2v) is 7.16. The first-order valence-electron chi connectivity index (χ1n) is 8.61. The third-order valence-electron chi connectivity index (χ3n) is 4.44. The SMILES string of the molecule is CCN1CCc2c(sc(NC(=O)/C=C\c3ccccc3)c2C(=O)OC)C1. The van der Waals surface area contributed by atoms with Crippen molar-refractivity contribution in [1.29, 1.82) is 0 Å². The number of amides is 1. The zero-order valence-electron chi connectivity index (χ0n) is 15.0. The van der Waals surface area contributed by atoms with Crippen molar-refractivity contribution in [1.82, 2.24) is 4.90 Å². The van der Waals surface area contributed by atoms with Crippen LogP contribution in [-0.4, -0.2) is 37.0 Å². The molecule has 136 valence electrons. The number of fused-ring (bicyclic) bond motifs is 1. The topological polar surface area (TPSA) is 58.6 Å². The average Bonchev–Trinajstić information content (AvgIpc) is 3.03. The number of hydrogen-bond donors (Lipinski definition) is 1. The summed E-state index contributed by atoms with van der Waals surface area (Å²) in [4.78, 5) is 28.1. The predicted molar refractivity (Wildman–Crippen MR) is 104 cm³/mol. The largest absolute Gasteiger partial charge is 0.465 e. The Morgan fingerprint density at radius 1 is 1.31 bits per heavy atom. The Morgan fingerprint density at radius 2 is 2.08 bits per heavy atom. The molecular formula is C20H22N2O3S. The molecule has 26 heavy (non-hydrogen) atoms. The highest BCUT2D eigenvalue weighted by molar-refractivity contribution is 7.17. The van der Waals surface area contributed by atoms with Crippen LogP contribution >= 0.6 is 11.3 Å². The summed E-state index contributed by atoms with van der Waals surface area (Å²) in [6.07, 6.45) is 4.02. The number of nitrogens with one attached hydrogen (secondary N) is 1. The molecular weight excluding hydrogens is 348 g/mol. The molecule has 1 aliphatic heterocycles. The maximum Gasteiger partial charge on any atom is 0.341 e. The van der Waals surface area contributed by atoms with E-state index in [1.807, 2.05) is 30.3 Å². The van der Waals surface area contributed by atoms with Crippen LogP contribution in [-0.2, 0) is 22.5 Å². The molecule has 2 heterocycles. The van der Waals surface area contributed by atoms with Crippen LogP contribution in [0, 0.1) is 0 Å². The zero-order valence-corrected chi connectivity index (χ0v) is 15.8. The van der Waals surface area contributed by atoms with Gasteiger partial charge in [-0.3, -0.25) is 9.69 Å². The first-order valence-corrected chi connectivity index (χ1v) is 9.43. The van der Waals surface area contributed by atoms with E-state index in [9.17, 15) is 9.59 Å². The number of anilines is 1. The predicted octanol–water partition coefficient (Wildman–Crippen LogP) is 3.56. The summed E-state index contributed by atoms with van der Waals surface area (Å²) in [6.45, 7) is 4.80. The number of nitrogens with zero attached hydrogens (tertiary/aromatic N) is 1. The van der Waals surface area contributed by atoms with Crippen molar-refractivity contribution in [3.8, 4) is 0 Å². The molecule has 3 rings (SSSR count). The molecule has 0 saturated heterocycles. The lowest BCUT2D eigenvalue weighted by molar-refractivity contribution is -0.111. The van der Waals surface area contributed by atoms with Crippen molar-refractivity contribution in [3.05, 3.63) is 58.0 Å². The maximum atomic E-state index is 12.3. The average molecular weight is 370 g/mol. The van der Waals surface area contributed by atoms with E-state index in [1.54, 1.807) is 6.08 Å². The van der Waals surface area contributed by atoms with Gasteiger partial charge in [0.05, 0.1) is 12.7 Å². The summed E-state index contributed by atoms with van der Waals surface area (Å²) < 4.78 is 4.95. The first kappa shape index (κ1) is 18.4. The normalized spacial score (nSPS) is 14.2. The van der Waals surface area contributed by atoms with Gasteiger partial charge in [-0.2, -0.15) is 0 Å². The monoisotopic (exact) mass is 370 g/mol. The van der Waals surface area contributed by atoms with E-state index in [-0.39, 0.29) is 5.91 Å². The fourth-order valence-electron chi connectivity index (χ4n) is 3.02. The van der Waals surface area contributed by atoms with Gasteiger partial charge in [-0.1, -0.05) is 37.3 Å². The van der Waals surface area contributed by atoms with Gasteiger partial charge >= 0.3 is 5.97 Å². The number of hydrogen-bond acceptors (Lipinski definition) is 5. The second kappa shape index (κ2) is 8.29. The number of benzene rings is 1. The molecule has 5 nitrogen and oxygen atoms in total. The molecule has 0 aliphatic carbocycles. The number of thiophene rings is 1. The minimum absolute atomic E-state index is 0.259. The molecule has 1 aromatic heterocycles. The summed E-state index contributed by atoms with van der Waals surface area (Å²) in [5.74, 6) is -0.653. The van der Waals surface area contributed by atoms with Crippen molar-refractivity contribution >= 4 is 34.3 Å². The third kappa shape index (κ3) is 4.03. The minimum atomic E-state index is -0.394. The zero-order chi connectivity index (χ0) is 18.5. The molecule has 0 unspecified atom stereocenters.